The largest absolute Gasteiger partial charge is 0.316 e. The average molecular weight is 264 g/mol. The van der Waals surface area contributed by atoms with Gasteiger partial charge >= 0.3 is 0 Å². The van der Waals surface area contributed by atoms with Crippen LogP contribution in [0.4, 0.5) is 0 Å². The van der Waals surface area contributed by atoms with E-state index in [1.54, 1.807) is 0 Å². The van der Waals surface area contributed by atoms with Crippen LogP contribution in [0.3, 0.4) is 0 Å². The van der Waals surface area contributed by atoms with Crippen LogP contribution in [-0.2, 0) is 0 Å². The number of rotatable bonds is 1. The summed E-state index contributed by atoms with van der Waals surface area (Å²) in [6.07, 6.45) is 8.56. The SMILES string of the molecule is CC1CC(C)(C)CC1N1CCCC2(CCCNC2)C1. The molecule has 2 saturated heterocycles. The van der Waals surface area contributed by atoms with E-state index in [9.17, 15) is 0 Å². The van der Waals surface area contributed by atoms with Crippen molar-refractivity contribution >= 4 is 0 Å². The molecule has 3 unspecified atom stereocenters. The Morgan fingerprint density at radius 1 is 1.11 bits per heavy atom. The van der Waals surface area contributed by atoms with Gasteiger partial charge < -0.3 is 5.32 Å². The molecule has 2 nitrogen and oxygen atoms in total. The Bertz CT molecular complexity index is 312. The monoisotopic (exact) mass is 264 g/mol. The van der Waals surface area contributed by atoms with Crippen LogP contribution in [0.2, 0.25) is 0 Å². The molecule has 0 bridgehead atoms. The fourth-order valence-corrected chi connectivity index (χ4v) is 5.26. The van der Waals surface area contributed by atoms with Crippen LogP contribution in [-0.4, -0.2) is 37.1 Å². The second kappa shape index (κ2) is 5.04. The minimum absolute atomic E-state index is 0.569. The smallest absolute Gasteiger partial charge is 0.0126 e. The number of nitrogens with zero attached hydrogens (tertiary/aromatic N) is 1. The lowest BCUT2D eigenvalue weighted by molar-refractivity contribution is 0.0268. The fraction of sp³-hybridized carbons (Fsp3) is 1.00. The Kier molecular flexibility index (Phi) is 3.68. The lowest BCUT2D eigenvalue weighted by atomic mass is 9.74. The van der Waals surface area contributed by atoms with Crippen molar-refractivity contribution in [3.05, 3.63) is 0 Å². The van der Waals surface area contributed by atoms with Crippen molar-refractivity contribution in [1.82, 2.24) is 10.2 Å². The van der Waals surface area contributed by atoms with E-state index in [-0.39, 0.29) is 0 Å². The molecule has 3 rings (SSSR count). The molecule has 2 heteroatoms. The molecule has 2 aliphatic heterocycles. The van der Waals surface area contributed by atoms with Crippen LogP contribution in [0, 0.1) is 16.7 Å². The zero-order chi connectivity index (χ0) is 13.5. The van der Waals surface area contributed by atoms with Gasteiger partial charge in [-0.15, -0.1) is 0 Å². The van der Waals surface area contributed by atoms with Crippen molar-refractivity contribution in [2.24, 2.45) is 16.7 Å². The Morgan fingerprint density at radius 3 is 2.53 bits per heavy atom. The van der Waals surface area contributed by atoms with Gasteiger partial charge in [0.05, 0.1) is 0 Å². The van der Waals surface area contributed by atoms with Gasteiger partial charge in [-0.25, -0.2) is 0 Å². The van der Waals surface area contributed by atoms with Gasteiger partial charge in [-0.1, -0.05) is 20.8 Å². The molecule has 3 fully saturated rings. The van der Waals surface area contributed by atoms with Crippen LogP contribution < -0.4 is 5.32 Å². The Morgan fingerprint density at radius 2 is 1.89 bits per heavy atom. The minimum atomic E-state index is 0.569. The molecule has 110 valence electrons. The second-order valence-electron chi connectivity index (χ2n) is 8.47. The van der Waals surface area contributed by atoms with Crippen molar-refractivity contribution in [1.29, 1.82) is 0 Å². The summed E-state index contributed by atoms with van der Waals surface area (Å²) < 4.78 is 0. The first-order chi connectivity index (χ1) is 9.00. The van der Waals surface area contributed by atoms with Crippen LogP contribution in [0.5, 0.6) is 0 Å². The lowest BCUT2D eigenvalue weighted by Gasteiger charge is -2.48. The van der Waals surface area contributed by atoms with Gasteiger partial charge in [0.25, 0.3) is 0 Å². The molecular formula is C17H32N2. The van der Waals surface area contributed by atoms with Gasteiger partial charge in [0.2, 0.25) is 0 Å². The highest BCUT2D eigenvalue weighted by atomic mass is 15.2. The van der Waals surface area contributed by atoms with Crippen molar-refractivity contribution < 1.29 is 0 Å². The Labute approximate surface area is 119 Å². The Hall–Kier alpha value is -0.0800. The zero-order valence-electron chi connectivity index (χ0n) is 13.2. The maximum atomic E-state index is 3.66. The molecular weight excluding hydrogens is 232 g/mol. The van der Waals surface area contributed by atoms with E-state index in [4.69, 9.17) is 0 Å². The molecule has 0 aromatic heterocycles. The summed E-state index contributed by atoms with van der Waals surface area (Å²) >= 11 is 0. The third-order valence-electron chi connectivity index (χ3n) is 6.01. The van der Waals surface area contributed by atoms with Gasteiger partial charge in [-0.2, -0.15) is 0 Å². The van der Waals surface area contributed by atoms with E-state index in [1.165, 1.54) is 64.7 Å². The summed E-state index contributed by atoms with van der Waals surface area (Å²) in [6.45, 7) is 12.6. The maximum absolute atomic E-state index is 3.66. The first-order valence-corrected chi connectivity index (χ1v) is 8.45. The topological polar surface area (TPSA) is 15.3 Å². The van der Waals surface area contributed by atoms with Crippen molar-refractivity contribution in [2.45, 2.75) is 65.3 Å². The molecule has 0 radical (unpaired) electrons. The van der Waals surface area contributed by atoms with E-state index < -0.39 is 0 Å². The first kappa shape index (κ1) is 13.9. The van der Waals surface area contributed by atoms with Crippen LogP contribution >= 0.6 is 0 Å². The third-order valence-corrected chi connectivity index (χ3v) is 6.01. The van der Waals surface area contributed by atoms with E-state index >= 15 is 0 Å². The summed E-state index contributed by atoms with van der Waals surface area (Å²) in [5.74, 6) is 0.890. The zero-order valence-corrected chi connectivity index (χ0v) is 13.2. The number of hydrogen-bond donors (Lipinski definition) is 1. The van der Waals surface area contributed by atoms with Gasteiger partial charge in [0.15, 0.2) is 0 Å². The normalized spacial score (nSPS) is 43.7. The van der Waals surface area contributed by atoms with Crippen LogP contribution in [0.1, 0.15) is 59.3 Å². The van der Waals surface area contributed by atoms with E-state index in [0.717, 1.165) is 12.0 Å². The van der Waals surface area contributed by atoms with Gasteiger partial charge in [-0.3, -0.25) is 4.90 Å². The highest BCUT2D eigenvalue weighted by Gasteiger charge is 2.44. The van der Waals surface area contributed by atoms with Gasteiger partial charge in [-0.05, 0) is 68.4 Å². The molecule has 0 amide bonds. The minimum Gasteiger partial charge on any atom is -0.316 e. The third kappa shape index (κ3) is 2.85. The summed E-state index contributed by atoms with van der Waals surface area (Å²) in [6, 6.07) is 0.856. The Balaban J connectivity index is 1.68. The first-order valence-electron chi connectivity index (χ1n) is 8.45. The van der Waals surface area contributed by atoms with Crippen LogP contribution in [0.15, 0.2) is 0 Å². The summed E-state index contributed by atoms with van der Waals surface area (Å²) in [4.78, 5) is 2.87. The molecule has 3 aliphatic rings. The number of likely N-dealkylation sites (tertiary alicyclic amines) is 1. The average Bonchev–Trinajstić information content (AvgIpc) is 2.64. The van der Waals surface area contributed by atoms with Gasteiger partial charge in [0.1, 0.15) is 0 Å². The molecule has 2 heterocycles. The molecule has 0 aromatic carbocycles. The second-order valence-corrected chi connectivity index (χ2v) is 8.47. The molecule has 19 heavy (non-hydrogen) atoms. The van der Waals surface area contributed by atoms with Gasteiger partial charge in [0, 0.05) is 19.1 Å². The molecule has 3 atom stereocenters. The summed E-state index contributed by atoms with van der Waals surface area (Å²) in [5, 5.41) is 3.66. The molecule has 1 spiro atoms. The van der Waals surface area contributed by atoms with E-state index in [1.807, 2.05) is 0 Å². The molecule has 0 aromatic rings. The highest BCUT2D eigenvalue weighted by Crippen LogP contribution is 2.46. The highest BCUT2D eigenvalue weighted by molar-refractivity contribution is 4.98. The predicted molar refractivity (Wildman–Crippen MR) is 81.3 cm³/mol. The molecule has 1 aliphatic carbocycles. The van der Waals surface area contributed by atoms with Crippen LogP contribution in [0.25, 0.3) is 0 Å². The quantitative estimate of drug-likeness (QED) is 0.782. The maximum Gasteiger partial charge on any atom is 0.0126 e. The van der Waals surface area contributed by atoms with E-state index in [2.05, 4.69) is 31.0 Å². The molecule has 1 saturated carbocycles. The standard InChI is InChI=1S/C17H32N2/c1-14-10-16(2,3)11-15(14)19-9-5-7-17(13-19)6-4-8-18-12-17/h14-15,18H,4-13H2,1-3H3. The summed E-state index contributed by atoms with van der Waals surface area (Å²) in [7, 11) is 0. The summed E-state index contributed by atoms with van der Waals surface area (Å²) in [5.41, 5.74) is 1.18. The van der Waals surface area contributed by atoms with Crippen molar-refractivity contribution in [2.75, 3.05) is 26.2 Å². The predicted octanol–water partition coefficient (Wildman–Crippen LogP) is 3.28. The number of hydrogen-bond acceptors (Lipinski definition) is 2. The number of nitrogens with one attached hydrogen (secondary N) is 1. The fourth-order valence-electron chi connectivity index (χ4n) is 5.26. The van der Waals surface area contributed by atoms with E-state index in [0.29, 0.717) is 10.8 Å². The number of piperidine rings is 2. The van der Waals surface area contributed by atoms with Crippen molar-refractivity contribution in [3.8, 4) is 0 Å². The van der Waals surface area contributed by atoms with Crippen molar-refractivity contribution in [3.63, 3.8) is 0 Å². The lowest BCUT2D eigenvalue weighted by Crippen LogP contribution is -2.54. The molecule has 1 N–H and O–H groups in total.